The molecule has 1 nitrogen and oxygen atoms in total. The van der Waals surface area contributed by atoms with E-state index in [9.17, 15) is 9.18 Å². The third-order valence-electron chi connectivity index (χ3n) is 2.67. The summed E-state index contributed by atoms with van der Waals surface area (Å²) in [6.07, 6.45) is 0.689. The number of hydrogen-bond acceptors (Lipinski definition) is 2. The van der Waals surface area contributed by atoms with Gasteiger partial charge in [-0.3, -0.25) is 4.79 Å². The van der Waals surface area contributed by atoms with Crippen LogP contribution < -0.4 is 0 Å². The highest BCUT2D eigenvalue weighted by Crippen LogP contribution is 2.34. The molecule has 0 aliphatic carbocycles. The van der Waals surface area contributed by atoms with Crippen molar-refractivity contribution in [2.24, 2.45) is 0 Å². The smallest absolute Gasteiger partial charge is 0.151 e. The summed E-state index contributed by atoms with van der Waals surface area (Å²) >= 11 is 1.29. The Balaban J connectivity index is 2.42. The minimum Gasteiger partial charge on any atom is -0.298 e. The number of halogens is 1. The van der Waals surface area contributed by atoms with Crippen molar-refractivity contribution < 1.29 is 9.18 Å². The minimum absolute atomic E-state index is 0.357. The SMILES string of the molecule is Cc1ccc(Sc2c(F)cccc2C=O)c(C)c1. The maximum atomic E-state index is 13.8. The Morgan fingerprint density at radius 1 is 1.17 bits per heavy atom. The predicted octanol–water partition coefficient (Wildman–Crippen LogP) is 4.41. The second kappa shape index (κ2) is 5.36. The number of rotatable bonds is 3. The molecule has 0 fully saturated rings. The van der Waals surface area contributed by atoms with Crippen LogP contribution in [0, 0.1) is 19.7 Å². The van der Waals surface area contributed by atoms with Crippen LogP contribution in [0.25, 0.3) is 0 Å². The van der Waals surface area contributed by atoms with E-state index in [4.69, 9.17) is 0 Å². The molecule has 0 radical (unpaired) electrons. The first-order valence-electron chi connectivity index (χ1n) is 5.60. The van der Waals surface area contributed by atoms with Gasteiger partial charge in [-0.2, -0.15) is 0 Å². The van der Waals surface area contributed by atoms with Crippen LogP contribution in [0.3, 0.4) is 0 Å². The van der Waals surface area contributed by atoms with Gasteiger partial charge in [-0.15, -0.1) is 0 Å². The Morgan fingerprint density at radius 3 is 2.61 bits per heavy atom. The van der Waals surface area contributed by atoms with Crippen LogP contribution in [0.2, 0.25) is 0 Å². The van der Waals surface area contributed by atoms with E-state index in [0.29, 0.717) is 16.7 Å². The molecular weight excluding hydrogens is 247 g/mol. The molecule has 2 aromatic carbocycles. The van der Waals surface area contributed by atoms with Gasteiger partial charge in [0.15, 0.2) is 6.29 Å². The van der Waals surface area contributed by atoms with Crippen molar-refractivity contribution in [1.82, 2.24) is 0 Å². The summed E-state index contributed by atoms with van der Waals surface area (Å²) in [6, 6.07) is 10.5. The van der Waals surface area contributed by atoms with Crippen LogP contribution in [0.5, 0.6) is 0 Å². The minimum atomic E-state index is -0.357. The van der Waals surface area contributed by atoms with Crippen LogP contribution in [0.1, 0.15) is 21.5 Å². The van der Waals surface area contributed by atoms with Gasteiger partial charge >= 0.3 is 0 Å². The third-order valence-corrected chi connectivity index (χ3v) is 3.98. The maximum absolute atomic E-state index is 13.8. The van der Waals surface area contributed by atoms with Gasteiger partial charge in [0.05, 0.1) is 4.90 Å². The highest BCUT2D eigenvalue weighted by molar-refractivity contribution is 7.99. The summed E-state index contributed by atoms with van der Waals surface area (Å²) in [5, 5.41) is 0. The Morgan fingerprint density at radius 2 is 1.94 bits per heavy atom. The van der Waals surface area contributed by atoms with Gasteiger partial charge in [0.25, 0.3) is 0 Å². The van der Waals surface area contributed by atoms with Crippen molar-refractivity contribution in [2.45, 2.75) is 23.6 Å². The summed E-state index contributed by atoms with van der Waals surface area (Å²) in [6.45, 7) is 4.00. The zero-order valence-electron chi connectivity index (χ0n) is 10.2. The number of hydrogen-bond donors (Lipinski definition) is 0. The Kier molecular flexibility index (Phi) is 3.82. The standard InChI is InChI=1S/C15H13FOS/c1-10-6-7-14(11(2)8-10)18-15-12(9-17)4-3-5-13(15)16/h3-9H,1-2H3. The van der Waals surface area contributed by atoms with E-state index < -0.39 is 0 Å². The summed E-state index contributed by atoms with van der Waals surface area (Å²) in [5.41, 5.74) is 2.64. The first-order valence-corrected chi connectivity index (χ1v) is 6.42. The Bertz CT molecular complexity index is 593. The molecule has 2 aromatic rings. The van der Waals surface area contributed by atoms with E-state index in [-0.39, 0.29) is 5.82 Å². The van der Waals surface area contributed by atoms with E-state index in [1.54, 1.807) is 12.1 Å². The van der Waals surface area contributed by atoms with Crippen molar-refractivity contribution in [3.63, 3.8) is 0 Å². The Hall–Kier alpha value is -1.61. The molecule has 0 aliphatic rings. The predicted molar refractivity (Wildman–Crippen MR) is 71.8 cm³/mol. The molecule has 3 heteroatoms. The lowest BCUT2D eigenvalue weighted by molar-refractivity contribution is 0.112. The molecule has 0 N–H and O–H groups in total. The van der Waals surface area contributed by atoms with Crippen molar-refractivity contribution in [3.8, 4) is 0 Å². The average Bonchev–Trinajstić information content (AvgIpc) is 2.34. The lowest BCUT2D eigenvalue weighted by Crippen LogP contribution is -1.91. The van der Waals surface area contributed by atoms with E-state index in [0.717, 1.165) is 10.5 Å². The van der Waals surface area contributed by atoms with Gasteiger partial charge in [0.2, 0.25) is 0 Å². The molecule has 0 aromatic heterocycles. The number of benzene rings is 2. The van der Waals surface area contributed by atoms with E-state index >= 15 is 0 Å². The first kappa shape index (κ1) is 12.8. The maximum Gasteiger partial charge on any atom is 0.151 e. The average molecular weight is 260 g/mol. The molecule has 0 aliphatic heterocycles. The third kappa shape index (κ3) is 2.62. The zero-order chi connectivity index (χ0) is 13.1. The monoisotopic (exact) mass is 260 g/mol. The number of carbonyl (C=O) groups is 1. The fraction of sp³-hybridized carbons (Fsp3) is 0.133. The summed E-state index contributed by atoms with van der Waals surface area (Å²) in [5.74, 6) is -0.357. The summed E-state index contributed by atoms with van der Waals surface area (Å²) in [7, 11) is 0. The van der Waals surface area contributed by atoms with Gasteiger partial charge < -0.3 is 0 Å². The van der Waals surface area contributed by atoms with Crippen molar-refractivity contribution in [1.29, 1.82) is 0 Å². The van der Waals surface area contributed by atoms with E-state index in [1.165, 1.54) is 23.4 Å². The van der Waals surface area contributed by atoms with Crippen LogP contribution in [0.4, 0.5) is 4.39 Å². The molecule has 0 atom stereocenters. The second-order valence-corrected chi connectivity index (χ2v) is 5.20. The molecule has 0 spiro atoms. The largest absolute Gasteiger partial charge is 0.298 e. The molecule has 0 saturated heterocycles. The Labute approximate surface area is 110 Å². The van der Waals surface area contributed by atoms with Gasteiger partial charge in [-0.1, -0.05) is 41.6 Å². The number of aldehydes is 1. The molecule has 0 amide bonds. The number of carbonyl (C=O) groups excluding carboxylic acids is 1. The summed E-state index contributed by atoms with van der Waals surface area (Å²) < 4.78 is 13.8. The van der Waals surface area contributed by atoms with Gasteiger partial charge in [0, 0.05) is 10.5 Å². The lowest BCUT2D eigenvalue weighted by Gasteiger charge is -2.09. The second-order valence-electron chi connectivity index (χ2n) is 4.15. The number of aryl methyl sites for hydroxylation is 2. The van der Waals surface area contributed by atoms with Gasteiger partial charge in [0.1, 0.15) is 5.82 Å². The molecule has 92 valence electrons. The van der Waals surface area contributed by atoms with E-state index in [1.807, 2.05) is 32.0 Å². The fourth-order valence-corrected chi connectivity index (χ4v) is 2.73. The fourth-order valence-electron chi connectivity index (χ4n) is 1.75. The molecule has 0 heterocycles. The molecule has 2 rings (SSSR count). The highest BCUT2D eigenvalue weighted by Gasteiger charge is 2.10. The quantitative estimate of drug-likeness (QED) is 0.760. The molecular formula is C15H13FOS. The normalized spacial score (nSPS) is 10.4. The van der Waals surface area contributed by atoms with Crippen molar-refractivity contribution in [2.75, 3.05) is 0 Å². The topological polar surface area (TPSA) is 17.1 Å². The molecule has 0 saturated carbocycles. The highest BCUT2D eigenvalue weighted by atomic mass is 32.2. The molecule has 18 heavy (non-hydrogen) atoms. The van der Waals surface area contributed by atoms with Crippen LogP contribution in [0.15, 0.2) is 46.2 Å². The van der Waals surface area contributed by atoms with Crippen LogP contribution >= 0.6 is 11.8 Å². The van der Waals surface area contributed by atoms with Crippen molar-refractivity contribution >= 4 is 18.0 Å². The van der Waals surface area contributed by atoms with Gasteiger partial charge in [-0.05, 0) is 31.5 Å². The molecule has 0 unspecified atom stereocenters. The first-order chi connectivity index (χ1) is 8.61. The summed E-state index contributed by atoms with van der Waals surface area (Å²) in [4.78, 5) is 12.3. The van der Waals surface area contributed by atoms with Crippen molar-refractivity contribution in [3.05, 3.63) is 58.9 Å². The van der Waals surface area contributed by atoms with E-state index in [2.05, 4.69) is 0 Å². The zero-order valence-corrected chi connectivity index (χ0v) is 11.1. The molecule has 0 bridgehead atoms. The lowest BCUT2D eigenvalue weighted by atomic mass is 10.2. The van der Waals surface area contributed by atoms with Crippen LogP contribution in [-0.4, -0.2) is 6.29 Å². The van der Waals surface area contributed by atoms with Crippen LogP contribution in [-0.2, 0) is 0 Å². The van der Waals surface area contributed by atoms with Gasteiger partial charge in [-0.25, -0.2) is 4.39 Å².